The van der Waals surface area contributed by atoms with Crippen LogP contribution in [0.25, 0.3) is 0 Å². The van der Waals surface area contributed by atoms with Gasteiger partial charge in [0, 0.05) is 0 Å². The number of hydrogen-bond donors (Lipinski definition) is 1. The minimum absolute atomic E-state index is 0.0463. The van der Waals surface area contributed by atoms with Crippen molar-refractivity contribution in [1.29, 1.82) is 0 Å². The van der Waals surface area contributed by atoms with E-state index in [1.807, 2.05) is 6.07 Å². The van der Waals surface area contributed by atoms with E-state index in [4.69, 9.17) is 9.56 Å². The van der Waals surface area contributed by atoms with Crippen LogP contribution >= 0.6 is 0 Å². The highest BCUT2D eigenvalue weighted by atomic mass is 32.2. The molecular formula is C13H14N2O3S. The molecule has 100 valence electrons. The van der Waals surface area contributed by atoms with Gasteiger partial charge in [-0.1, -0.05) is 30.3 Å². The lowest BCUT2D eigenvalue weighted by Gasteiger charge is -2.30. The lowest BCUT2D eigenvalue weighted by Crippen LogP contribution is -2.44. The van der Waals surface area contributed by atoms with Crippen molar-refractivity contribution in [2.75, 3.05) is 0 Å². The molecule has 0 radical (unpaired) electrons. The van der Waals surface area contributed by atoms with Gasteiger partial charge in [0.05, 0.1) is 0 Å². The van der Waals surface area contributed by atoms with Gasteiger partial charge < -0.3 is 4.42 Å². The van der Waals surface area contributed by atoms with E-state index >= 15 is 0 Å². The van der Waals surface area contributed by atoms with Crippen molar-refractivity contribution in [2.24, 2.45) is 11.1 Å². The zero-order chi connectivity index (χ0) is 13.5. The minimum Gasteiger partial charge on any atom is -0.451 e. The normalized spacial score (nSPS) is 19.0. The first-order valence-electron chi connectivity index (χ1n) is 6.03. The maximum Gasteiger partial charge on any atom is 0.225 e. The summed E-state index contributed by atoms with van der Waals surface area (Å²) in [7, 11) is -3.86. The van der Waals surface area contributed by atoms with Crippen LogP contribution in [0.4, 0.5) is 0 Å². The lowest BCUT2D eigenvalue weighted by molar-refractivity contribution is 0.512. The summed E-state index contributed by atoms with van der Waals surface area (Å²) in [6, 6.07) is 9.00. The predicted molar refractivity (Wildman–Crippen MR) is 69.6 cm³/mol. The Bertz CT molecular complexity index is 663. The number of nitrogens with two attached hydrogens (primary N) is 1. The molecule has 1 fully saturated rings. The average molecular weight is 278 g/mol. The number of oxazole rings is 1. The van der Waals surface area contributed by atoms with E-state index < -0.39 is 14.8 Å². The fraction of sp³-hybridized carbons (Fsp3) is 0.308. The number of primary sulfonamides is 1. The van der Waals surface area contributed by atoms with Crippen molar-refractivity contribution in [3.05, 3.63) is 54.2 Å². The number of aromatic nitrogens is 1. The molecule has 1 aromatic heterocycles. The van der Waals surface area contributed by atoms with Gasteiger partial charge in [-0.3, -0.25) is 0 Å². The molecule has 1 unspecified atom stereocenters. The van der Waals surface area contributed by atoms with Gasteiger partial charge in [-0.05, 0) is 24.3 Å². The summed E-state index contributed by atoms with van der Waals surface area (Å²) in [5.41, 5.74) is 1.01. The summed E-state index contributed by atoms with van der Waals surface area (Å²) in [5.74, 6) is -0.0463. The molecule has 2 N–H and O–H groups in total. The van der Waals surface area contributed by atoms with Gasteiger partial charge in [0.25, 0.3) is 0 Å². The lowest BCUT2D eigenvalue weighted by atomic mass is 9.90. The van der Waals surface area contributed by atoms with Crippen LogP contribution in [0.15, 0.2) is 47.4 Å². The summed E-state index contributed by atoms with van der Waals surface area (Å²) in [5, 5.41) is 5.57. The second kappa shape index (κ2) is 4.18. The standard InChI is InChI=1S/C13H14N2O3S/c14-19(16,17)13(11-6-7-11,12-8-18-9-15-12)10-4-2-1-3-5-10/h1-5,8-9,11H,6-7H2,(H2,14,16,17). The quantitative estimate of drug-likeness (QED) is 0.920. The van der Waals surface area contributed by atoms with Crippen molar-refractivity contribution in [3.63, 3.8) is 0 Å². The second-order valence-corrected chi connectivity index (χ2v) is 6.53. The molecule has 1 aliphatic carbocycles. The van der Waals surface area contributed by atoms with E-state index in [0.717, 1.165) is 12.8 Å². The molecule has 1 heterocycles. The Hall–Kier alpha value is -1.66. The summed E-state index contributed by atoms with van der Waals surface area (Å²) < 4.78 is 28.4. The van der Waals surface area contributed by atoms with E-state index in [2.05, 4.69) is 4.98 Å². The largest absolute Gasteiger partial charge is 0.451 e. The Morgan fingerprint density at radius 3 is 2.42 bits per heavy atom. The highest BCUT2D eigenvalue weighted by molar-refractivity contribution is 7.90. The third kappa shape index (κ3) is 1.79. The van der Waals surface area contributed by atoms with E-state index in [9.17, 15) is 8.42 Å². The van der Waals surface area contributed by atoms with E-state index in [1.54, 1.807) is 24.3 Å². The monoisotopic (exact) mass is 278 g/mol. The maximum absolute atomic E-state index is 12.3. The van der Waals surface area contributed by atoms with Gasteiger partial charge in [0.2, 0.25) is 10.0 Å². The molecule has 1 aromatic carbocycles. The van der Waals surface area contributed by atoms with Crippen LogP contribution in [-0.4, -0.2) is 13.4 Å². The van der Waals surface area contributed by atoms with Gasteiger partial charge in [0.1, 0.15) is 12.0 Å². The Labute approximate surface area is 111 Å². The van der Waals surface area contributed by atoms with Gasteiger partial charge in [-0.2, -0.15) is 0 Å². The Morgan fingerprint density at radius 1 is 1.26 bits per heavy atom. The molecule has 3 rings (SSSR count). The molecule has 0 saturated heterocycles. The SMILES string of the molecule is NS(=O)(=O)C(c1ccccc1)(c1cocn1)C1CC1. The zero-order valence-electron chi connectivity index (χ0n) is 10.2. The molecule has 6 heteroatoms. The van der Waals surface area contributed by atoms with E-state index in [0.29, 0.717) is 11.3 Å². The second-order valence-electron chi connectivity index (χ2n) is 4.79. The number of rotatable bonds is 4. The van der Waals surface area contributed by atoms with Crippen LogP contribution in [0.3, 0.4) is 0 Å². The highest BCUT2D eigenvalue weighted by Crippen LogP contribution is 2.53. The van der Waals surface area contributed by atoms with Gasteiger partial charge in [-0.15, -0.1) is 0 Å². The summed E-state index contributed by atoms with van der Waals surface area (Å²) in [6.45, 7) is 0. The Kier molecular flexibility index (Phi) is 2.72. The smallest absolute Gasteiger partial charge is 0.225 e. The van der Waals surface area contributed by atoms with Gasteiger partial charge in [-0.25, -0.2) is 18.5 Å². The van der Waals surface area contributed by atoms with Crippen LogP contribution in [-0.2, 0) is 14.8 Å². The molecule has 19 heavy (non-hydrogen) atoms. The van der Waals surface area contributed by atoms with Crippen molar-refractivity contribution in [1.82, 2.24) is 4.98 Å². The van der Waals surface area contributed by atoms with Crippen LogP contribution in [0.5, 0.6) is 0 Å². The first-order chi connectivity index (χ1) is 9.07. The Balaban J connectivity index is 2.32. The average Bonchev–Trinajstić information content (AvgIpc) is 3.05. The fourth-order valence-electron chi connectivity index (χ4n) is 2.71. The molecule has 0 amide bonds. The zero-order valence-corrected chi connectivity index (χ0v) is 11.0. The molecule has 0 aliphatic heterocycles. The molecule has 1 saturated carbocycles. The van der Waals surface area contributed by atoms with Gasteiger partial charge >= 0.3 is 0 Å². The molecule has 0 spiro atoms. The topological polar surface area (TPSA) is 86.2 Å². The van der Waals surface area contributed by atoms with E-state index in [-0.39, 0.29) is 5.92 Å². The van der Waals surface area contributed by atoms with Crippen molar-refractivity contribution < 1.29 is 12.8 Å². The first kappa shape index (κ1) is 12.4. The molecule has 5 nitrogen and oxygen atoms in total. The molecular weight excluding hydrogens is 264 g/mol. The molecule has 1 aliphatic rings. The number of hydrogen-bond acceptors (Lipinski definition) is 4. The predicted octanol–water partition coefficient (Wildman–Crippen LogP) is 1.62. The van der Waals surface area contributed by atoms with Crippen LogP contribution < -0.4 is 5.14 Å². The highest BCUT2D eigenvalue weighted by Gasteiger charge is 2.57. The summed E-state index contributed by atoms with van der Waals surface area (Å²) >= 11 is 0. The van der Waals surface area contributed by atoms with Crippen LogP contribution in [0.1, 0.15) is 24.1 Å². The fourth-order valence-corrected chi connectivity index (χ4v) is 4.26. The number of nitrogens with zero attached hydrogens (tertiary/aromatic N) is 1. The van der Waals surface area contributed by atoms with E-state index in [1.165, 1.54) is 12.7 Å². The van der Waals surface area contributed by atoms with Crippen LogP contribution in [0, 0.1) is 5.92 Å². The molecule has 1 atom stereocenters. The maximum atomic E-state index is 12.3. The van der Waals surface area contributed by atoms with Gasteiger partial charge in [0.15, 0.2) is 11.1 Å². The number of benzene rings is 1. The Morgan fingerprint density at radius 2 is 1.95 bits per heavy atom. The molecule has 0 bridgehead atoms. The summed E-state index contributed by atoms with van der Waals surface area (Å²) in [4.78, 5) is 4.07. The first-order valence-corrected chi connectivity index (χ1v) is 7.58. The summed E-state index contributed by atoms with van der Waals surface area (Å²) in [6.07, 6.45) is 4.24. The third-order valence-electron chi connectivity index (χ3n) is 3.62. The van der Waals surface area contributed by atoms with Crippen molar-refractivity contribution in [2.45, 2.75) is 17.6 Å². The molecule has 2 aromatic rings. The third-order valence-corrected chi connectivity index (χ3v) is 5.29. The minimum atomic E-state index is -3.86. The van der Waals surface area contributed by atoms with Crippen molar-refractivity contribution >= 4 is 10.0 Å². The van der Waals surface area contributed by atoms with Crippen LogP contribution in [0.2, 0.25) is 0 Å². The number of sulfonamides is 1. The van der Waals surface area contributed by atoms with Crippen molar-refractivity contribution in [3.8, 4) is 0 Å².